The number of carbonyl (C=O) groups excluding carboxylic acids is 1. The van der Waals surface area contributed by atoms with Gasteiger partial charge < -0.3 is 15.8 Å². The summed E-state index contributed by atoms with van der Waals surface area (Å²) in [5.74, 6) is 0.0746. The third-order valence-corrected chi connectivity index (χ3v) is 2.68. The van der Waals surface area contributed by atoms with Gasteiger partial charge in [-0.05, 0) is 20.4 Å². The maximum Gasteiger partial charge on any atom is 0.221 e. The summed E-state index contributed by atoms with van der Waals surface area (Å²) in [6.45, 7) is 7.43. The predicted molar refractivity (Wildman–Crippen MR) is 69.9 cm³/mol. The summed E-state index contributed by atoms with van der Waals surface area (Å²) in [6.07, 6.45) is 1.42. The first-order valence-corrected chi connectivity index (χ1v) is 6.40. The van der Waals surface area contributed by atoms with Crippen LogP contribution in [0.25, 0.3) is 0 Å². The highest BCUT2D eigenvalue weighted by Gasteiger charge is 2.16. The van der Waals surface area contributed by atoms with E-state index in [0.29, 0.717) is 19.6 Å². The molecule has 1 unspecified atom stereocenters. The molecule has 0 spiro atoms. The number of carbonyl (C=O) groups is 1. The topological polar surface area (TPSA) is 67.6 Å². The number of nitrogens with one attached hydrogen (secondary N) is 1. The molecule has 0 rings (SSSR count). The van der Waals surface area contributed by atoms with Crippen LogP contribution >= 0.6 is 0 Å². The van der Waals surface area contributed by atoms with Crippen molar-refractivity contribution >= 4 is 5.91 Å². The Kier molecular flexibility index (Phi) is 10.1. The first kappa shape index (κ1) is 16.4. The van der Waals surface area contributed by atoms with Crippen LogP contribution in [-0.4, -0.2) is 56.7 Å². The van der Waals surface area contributed by atoms with Crippen LogP contribution in [0.3, 0.4) is 0 Å². The Hall–Kier alpha value is -0.650. The molecule has 5 nitrogen and oxygen atoms in total. The second-order valence-electron chi connectivity index (χ2n) is 4.12. The number of nitrogens with zero attached hydrogens (tertiary/aromatic N) is 1. The van der Waals surface area contributed by atoms with Crippen LogP contribution in [-0.2, 0) is 9.53 Å². The molecule has 1 amide bonds. The highest BCUT2D eigenvalue weighted by atomic mass is 16.5. The van der Waals surface area contributed by atoms with E-state index in [1.807, 2.05) is 20.9 Å². The van der Waals surface area contributed by atoms with E-state index < -0.39 is 0 Å². The Labute approximate surface area is 105 Å². The maximum atomic E-state index is 11.6. The molecule has 0 aromatic carbocycles. The zero-order valence-electron chi connectivity index (χ0n) is 11.4. The standard InChI is InChI=1S/C12H27N3O2/c1-4-6-14-12(16)9-11(10-13)15(3)7-8-17-5-2/h11H,4-10,13H2,1-3H3,(H,14,16). The summed E-state index contributed by atoms with van der Waals surface area (Å²) < 4.78 is 5.29. The fourth-order valence-corrected chi connectivity index (χ4v) is 1.51. The fourth-order valence-electron chi connectivity index (χ4n) is 1.51. The molecule has 3 N–H and O–H groups in total. The molecule has 0 saturated heterocycles. The van der Waals surface area contributed by atoms with Crippen LogP contribution < -0.4 is 11.1 Å². The van der Waals surface area contributed by atoms with Gasteiger partial charge in [-0.15, -0.1) is 0 Å². The molecule has 17 heavy (non-hydrogen) atoms. The second-order valence-corrected chi connectivity index (χ2v) is 4.12. The van der Waals surface area contributed by atoms with Crippen LogP contribution in [0.1, 0.15) is 26.7 Å². The average Bonchev–Trinajstić information content (AvgIpc) is 2.33. The van der Waals surface area contributed by atoms with Crippen molar-refractivity contribution < 1.29 is 9.53 Å². The van der Waals surface area contributed by atoms with Gasteiger partial charge in [0.25, 0.3) is 0 Å². The van der Waals surface area contributed by atoms with Crippen molar-refractivity contribution in [1.29, 1.82) is 0 Å². The van der Waals surface area contributed by atoms with Gasteiger partial charge in [-0.25, -0.2) is 0 Å². The molecule has 0 bridgehead atoms. The van der Waals surface area contributed by atoms with Gasteiger partial charge in [-0.2, -0.15) is 0 Å². The summed E-state index contributed by atoms with van der Waals surface area (Å²) in [5, 5.41) is 2.87. The second kappa shape index (κ2) is 10.5. The van der Waals surface area contributed by atoms with Gasteiger partial charge in [0, 0.05) is 38.7 Å². The molecular formula is C12H27N3O2. The minimum atomic E-state index is 0.0746. The normalized spacial score (nSPS) is 12.8. The molecule has 5 heteroatoms. The number of hydrogen-bond donors (Lipinski definition) is 2. The van der Waals surface area contributed by atoms with Crippen molar-refractivity contribution in [3.8, 4) is 0 Å². The van der Waals surface area contributed by atoms with E-state index in [0.717, 1.165) is 26.1 Å². The quantitative estimate of drug-likeness (QED) is 0.540. The lowest BCUT2D eigenvalue weighted by atomic mass is 10.1. The number of ether oxygens (including phenoxy) is 1. The zero-order chi connectivity index (χ0) is 13.1. The zero-order valence-corrected chi connectivity index (χ0v) is 11.4. The van der Waals surface area contributed by atoms with Crippen molar-refractivity contribution in [2.24, 2.45) is 5.73 Å². The summed E-state index contributed by atoms with van der Waals surface area (Å²) in [5.41, 5.74) is 5.69. The third kappa shape index (κ3) is 8.12. The van der Waals surface area contributed by atoms with E-state index in [1.54, 1.807) is 0 Å². The van der Waals surface area contributed by atoms with Crippen molar-refractivity contribution in [1.82, 2.24) is 10.2 Å². The van der Waals surface area contributed by atoms with E-state index in [4.69, 9.17) is 10.5 Å². The van der Waals surface area contributed by atoms with Crippen molar-refractivity contribution in [3.05, 3.63) is 0 Å². The number of nitrogens with two attached hydrogens (primary N) is 1. The van der Waals surface area contributed by atoms with Crippen LogP contribution in [0.15, 0.2) is 0 Å². The van der Waals surface area contributed by atoms with E-state index in [2.05, 4.69) is 10.2 Å². The van der Waals surface area contributed by atoms with Crippen molar-refractivity contribution in [3.63, 3.8) is 0 Å². The molecule has 0 aliphatic heterocycles. The van der Waals surface area contributed by atoms with Gasteiger partial charge in [0.05, 0.1) is 6.61 Å². The Morgan fingerprint density at radius 1 is 1.47 bits per heavy atom. The van der Waals surface area contributed by atoms with Crippen LogP contribution in [0, 0.1) is 0 Å². The molecule has 1 atom stereocenters. The van der Waals surface area contributed by atoms with Crippen LogP contribution in [0.5, 0.6) is 0 Å². The summed E-state index contributed by atoms with van der Waals surface area (Å²) in [7, 11) is 1.98. The lowest BCUT2D eigenvalue weighted by Gasteiger charge is -2.26. The minimum Gasteiger partial charge on any atom is -0.380 e. The minimum absolute atomic E-state index is 0.0746. The van der Waals surface area contributed by atoms with Gasteiger partial charge in [0.2, 0.25) is 5.91 Å². The van der Waals surface area contributed by atoms with E-state index in [9.17, 15) is 4.79 Å². The smallest absolute Gasteiger partial charge is 0.221 e. The molecule has 0 heterocycles. The van der Waals surface area contributed by atoms with Gasteiger partial charge in [-0.1, -0.05) is 6.92 Å². The monoisotopic (exact) mass is 245 g/mol. The highest BCUT2D eigenvalue weighted by molar-refractivity contribution is 5.76. The van der Waals surface area contributed by atoms with E-state index in [-0.39, 0.29) is 11.9 Å². The largest absolute Gasteiger partial charge is 0.380 e. The number of amides is 1. The predicted octanol–water partition coefficient (Wildman–Crippen LogP) is 0.198. The van der Waals surface area contributed by atoms with Gasteiger partial charge in [-0.3, -0.25) is 9.69 Å². The maximum absolute atomic E-state index is 11.6. The first-order valence-electron chi connectivity index (χ1n) is 6.40. The lowest BCUT2D eigenvalue weighted by molar-refractivity contribution is -0.122. The van der Waals surface area contributed by atoms with Gasteiger partial charge in [0.15, 0.2) is 0 Å². The Morgan fingerprint density at radius 2 is 2.18 bits per heavy atom. The SMILES string of the molecule is CCCNC(=O)CC(CN)N(C)CCOCC. The van der Waals surface area contributed by atoms with Crippen molar-refractivity contribution in [2.45, 2.75) is 32.7 Å². The molecule has 0 aliphatic rings. The Bertz CT molecular complexity index is 200. The summed E-state index contributed by atoms with van der Waals surface area (Å²) in [4.78, 5) is 13.7. The molecule has 0 aliphatic carbocycles. The van der Waals surface area contributed by atoms with E-state index >= 15 is 0 Å². The highest BCUT2D eigenvalue weighted by Crippen LogP contribution is 2.00. The lowest BCUT2D eigenvalue weighted by Crippen LogP contribution is -2.43. The third-order valence-electron chi connectivity index (χ3n) is 2.68. The number of likely N-dealkylation sites (N-methyl/N-ethyl adjacent to an activating group) is 1. The number of rotatable bonds is 10. The van der Waals surface area contributed by atoms with Crippen LogP contribution in [0.2, 0.25) is 0 Å². The summed E-state index contributed by atoms with van der Waals surface area (Å²) in [6, 6.07) is 0.0901. The van der Waals surface area contributed by atoms with Crippen LogP contribution in [0.4, 0.5) is 0 Å². The molecule has 0 radical (unpaired) electrons. The molecular weight excluding hydrogens is 218 g/mol. The molecule has 102 valence electrons. The van der Waals surface area contributed by atoms with E-state index in [1.165, 1.54) is 0 Å². The fraction of sp³-hybridized carbons (Fsp3) is 0.917. The summed E-state index contributed by atoms with van der Waals surface area (Å²) >= 11 is 0. The van der Waals surface area contributed by atoms with Gasteiger partial charge >= 0.3 is 0 Å². The molecule has 0 aromatic heterocycles. The molecule has 0 fully saturated rings. The van der Waals surface area contributed by atoms with Crippen molar-refractivity contribution in [2.75, 3.05) is 39.9 Å². The first-order chi connectivity index (χ1) is 8.15. The molecule has 0 aromatic rings. The molecule has 0 saturated carbocycles. The number of hydrogen-bond acceptors (Lipinski definition) is 4. The Balaban J connectivity index is 3.90. The van der Waals surface area contributed by atoms with Gasteiger partial charge in [0.1, 0.15) is 0 Å². The Morgan fingerprint density at radius 3 is 2.71 bits per heavy atom. The average molecular weight is 245 g/mol.